The van der Waals surface area contributed by atoms with E-state index in [0.717, 1.165) is 45.3 Å². The first kappa shape index (κ1) is 20.1. The average molecular weight is 426 g/mol. The number of nitrogens with zero attached hydrogens (tertiary/aromatic N) is 2. The van der Waals surface area contributed by atoms with Crippen molar-refractivity contribution in [3.63, 3.8) is 0 Å². The second-order valence-electron chi connectivity index (χ2n) is 10.3. The normalized spacial score (nSPS) is 30.5. The summed E-state index contributed by atoms with van der Waals surface area (Å²) < 4.78 is 1.90. The van der Waals surface area contributed by atoms with Gasteiger partial charge in [0.05, 0.1) is 17.8 Å². The highest BCUT2D eigenvalue weighted by Crippen LogP contribution is 2.61. The summed E-state index contributed by atoms with van der Waals surface area (Å²) in [6.45, 7) is 6.73. The van der Waals surface area contributed by atoms with Gasteiger partial charge in [0.1, 0.15) is 0 Å². The van der Waals surface area contributed by atoms with Gasteiger partial charge in [-0.25, -0.2) is 0 Å². The first-order chi connectivity index (χ1) is 14.3. The Kier molecular flexibility index (Phi) is 4.96. The van der Waals surface area contributed by atoms with Crippen molar-refractivity contribution in [2.75, 3.05) is 0 Å². The van der Waals surface area contributed by atoms with Crippen molar-refractivity contribution in [1.29, 1.82) is 0 Å². The molecule has 0 unspecified atom stereocenters. The SMILES string of the molecule is Cc1nn(Cc2ccccc2Cl)c(C)c1C(=O)N[C@@H](C)C12CC3CC(CC(C3)C1)C2. The molecule has 30 heavy (non-hydrogen) atoms. The van der Waals surface area contributed by atoms with Gasteiger partial charge >= 0.3 is 0 Å². The van der Waals surface area contributed by atoms with E-state index in [4.69, 9.17) is 11.6 Å². The van der Waals surface area contributed by atoms with E-state index in [9.17, 15) is 4.79 Å². The number of rotatable bonds is 5. The Hall–Kier alpha value is -1.81. The maximum Gasteiger partial charge on any atom is 0.255 e. The molecule has 4 saturated carbocycles. The molecule has 4 aliphatic carbocycles. The number of halogens is 1. The maximum atomic E-state index is 13.3. The molecule has 2 aromatic rings. The fourth-order valence-corrected chi connectivity index (χ4v) is 7.29. The molecule has 1 aromatic heterocycles. The molecule has 4 aliphatic rings. The highest BCUT2D eigenvalue weighted by molar-refractivity contribution is 6.31. The zero-order chi connectivity index (χ0) is 21.0. The monoisotopic (exact) mass is 425 g/mol. The summed E-state index contributed by atoms with van der Waals surface area (Å²) in [6, 6.07) is 8.02. The van der Waals surface area contributed by atoms with Crippen LogP contribution in [0.25, 0.3) is 0 Å². The largest absolute Gasteiger partial charge is 0.349 e. The third-order valence-corrected chi connectivity index (χ3v) is 8.61. The number of carbonyl (C=O) groups excluding carboxylic acids is 1. The van der Waals surface area contributed by atoms with Crippen LogP contribution in [-0.4, -0.2) is 21.7 Å². The summed E-state index contributed by atoms with van der Waals surface area (Å²) in [5.41, 5.74) is 3.73. The Morgan fingerprint density at radius 3 is 2.37 bits per heavy atom. The van der Waals surface area contributed by atoms with Gasteiger partial charge in [-0.05, 0) is 94.1 Å². The van der Waals surface area contributed by atoms with E-state index in [1.165, 1.54) is 38.5 Å². The van der Waals surface area contributed by atoms with Crippen LogP contribution in [0.15, 0.2) is 24.3 Å². The van der Waals surface area contributed by atoms with Gasteiger partial charge in [-0.2, -0.15) is 5.10 Å². The van der Waals surface area contributed by atoms with Crippen molar-refractivity contribution in [1.82, 2.24) is 15.1 Å². The van der Waals surface area contributed by atoms with Gasteiger partial charge in [0.25, 0.3) is 5.91 Å². The second kappa shape index (κ2) is 7.40. The van der Waals surface area contributed by atoms with Crippen LogP contribution in [0, 0.1) is 37.0 Å². The number of nitrogens with one attached hydrogen (secondary N) is 1. The van der Waals surface area contributed by atoms with E-state index < -0.39 is 0 Å². The summed E-state index contributed by atoms with van der Waals surface area (Å²) in [4.78, 5) is 13.3. The fourth-order valence-electron chi connectivity index (χ4n) is 7.10. The second-order valence-corrected chi connectivity index (χ2v) is 10.7. The van der Waals surface area contributed by atoms with Gasteiger partial charge in [0, 0.05) is 16.8 Å². The van der Waals surface area contributed by atoms with Gasteiger partial charge in [-0.1, -0.05) is 29.8 Å². The van der Waals surface area contributed by atoms with Crippen LogP contribution in [0.2, 0.25) is 5.02 Å². The molecule has 4 fully saturated rings. The van der Waals surface area contributed by atoms with Gasteiger partial charge in [0.15, 0.2) is 0 Å². The van der Waals surface area contributed by atoms with Crippen LogP contribution >= 0.6 is 11.6 Å². The van der Waals surface area contributed by atoms with Gasteiger partial charge in [-0.15, -0.1) is 0 Å². The predicted molar refractivity (Wildman–Crippen MR) is 120 cm³/mol. The molecular formula is C25H32ClN3O. The highest BCUT2D eigenvalue weighted by atomic mass is 35.5. The van der Waals surface area contributed by atoms with Crippen LogP contribution in [0.3, 0.4) is 0 Å². The number of benzene rings is 1. The molecule has 160 valence electrons. The number of aromatic nitrogens is 2. The Bertz CT molecular complexity index is 943. The zero-order valence-corrected chi connectivity index (χ0v) is 19.0. The zero-order valence-electron chi connectivity index (χ0n) is 18.2. The Labute approximate surface area is 184 Å². The van der Waals surface area contributed by atoms with Crippen molar-refractivity contribution in [3.8, 4) is 0 Å². The summed E-state index contributed by atoms with van der Waals surface area (Å²) in [5.74, 6) is 2.69. The number of hydrogen-bond acceptors (Lipinski definition) is 2. The molecule has 0 saturated heterocycles. The van der Waals surface area contributed by atoms with E-state index in [2.05, 4.69) is 17.3 Å². The molecule has 1 heterocycles. The maximum absolute atomic E-state index is 13.3. The molecule has 4 nitrogen and oxygen atoms in total. The van der Waals surface area contributed by atoms with Crippen molar-refractivity contribution in [2.24, 2.45) is 23.2 Å². The number of carbonyl (C=O) groups is 1. The van der Waals surface area contributed by atoms with Gasteiger partial charge in [0.2, 0.25) is 0 Å². The molecule has 1 amide bonds. The van der Waals surface area contributed by atoms with E-state index in [1.54, 1.807) is 0 Å². The molecule has 1 aromatic carbocycles. The van der Waals surface area contributed by atoms with Crippen molar-refractivity contribution < 1.29 is 4.79 Å². The topological polar surface area (TPSA) is 46.9 Å². The van der Waals surface area contributed by atoms with E-state index in [1.807, 2.05) is 42.8 Å². The van der Waals surface area contributed by atoms with Gasteiger partial charge < -0.3 is 5.32 Å². The van der Waals surface area contributed by atoms with Gasteiger partial charge in [-0.3, -0.25) is 9.48 Å². The quantitative estimate of drug-likeness (QED) is 0.683. The lowest BCUT2D eigenvalue weighted by atomic mass is 9.48. The van der Waals surface area contributed by atoms with E-state index >= 15 is 0 Å². The van der Waals surface area contributed by atoms with Crippen molar-refractivity contribution in [2.45, 2.75) is 71.9 Å². The summed E-state index contributed by atoms with van der Waals surface area (Å²) in [7, 11) is 0. The summed E-state index contributed by atoms with van der Waals surface area (Å²) in [6.07, 6.45) is 8.16. The molecule has 0 aliphatic heterocycles. The Morgan fingerprint density at radius 1 is 1.17 bits per heavy atom. The van der Waals surface area contributed by atoms with E-state index in [-0.39, 0.29) is 11.9 Å². The van der Waals surface area contributed by atoms with Crippen molar-refractivity contribution >= 4 is 17.5 Å². The highest BCUT2D eigenvalue weighted by Gasteiger charge is 2.53. The molecule has 6 rings (SSSR count). The molecule has 5 heteroatoms. The minimum atomic E-state index is 0.0265. The minimum absolute atomic E-state index is 0.0265. The predicted octanol–water partition coefficient (Wildman–Crippen LogP) is 5.54. The molecular weight excluding hydrogens is 394 g/mol. The molecule has 0 radical (unpaired) electrons. The van der Waals surface area contributed by atoms with Crippen LogP contribution in [0.1, 0.15) is 72.8 Å². The Balaban J connectivity index is 1.34. The fraction of sp³-hybridized carbons (Fsp3) is 0.600. The lowest BCUT2D eigenvalue weighted by Crippen LogP contribution is -2.55. The summed E-state index contributed by atoms with van der Waals surface area (Å²) >= 11 is 6.33. The first-order valence-corrected chi connectivity index (χ1v) is 11.8. The standard InChI is InChI=1S/C25H32ClN3O/c1-15-23(16(2)29(28-15)14-21-6-4-5-7-22(21)26)24(30)27-17(3)25-11-18-8-19(12-25)10-20(9-18)13-25/h4-7,17-20H,8-14H2,1-3H3,(H,27,30)/t17-,18?,19?,20?,25?/m0/s1. The molecule has 0 spiro atoms. The molecule has 1 atom stereocenters. The number of aryl methyl sites for hydroxylation is 1. The van der Waals surface area contributed by atoms with Crippen LogP contribution in [-0.2, 0) is 6.54 Å². The number of hydrogen-bond donors (Lipinski definition) is 1. The van der Waals surface area contributed by atoms with Crippen molar-refractivity contribution in [3.05, 3.63) is 51.8 Å². The summed E-state index contributed by atoms with van der Waals surface area (Å²) in [5, 5.41) is 8.80. The lowest BCUT2D eigenvalue weighted by Gasteiger charge is -2.59. The first-order valence-electron chi connectivity index (χ1n) is 11.4. The average Bonchev–Trinajstić information content (AvgIpc) is 2.95. The van der Waals surface area contributed by atoms with E-state index in [0.29, 0.717) is 12.0 Å². The van der Waals surface area contributed by atoms with Crippen LogP contribution in [0.4, 0.5) is 0 Å². The Morgan fingerprint density at radius 2 is 1.77 bits per heavy atom. The smallest absolute Gasteiger partial charge is 0.255 e. The number of amides is 1. The lowest BCUT2D eigenvalue weighted by molar-refractivity contribution is -0.0688. The van der Waals surface area contributed by atoms with Crippen LogP contribution < -0.4 is 5.32 Å². The third-order valence-electron chi connectivity index (χ3n) is 8.24. The van der Waals surface area contributed by atoms with Crippen LogP contribution in [0.5, 0.6) is 0 Å². The third kappa shape index (κ3) is 3.37. The minimum Gasteiger partial charge on any atom is -0.349 e. The molecule has 1 N–H and O–H groups in total. The molecule has 4 bridgehead atoms.